The first-order valence-electron chi connectivity index (χ1n) is 7.83. The summed E-state index contributed by atoms with van der Waals surface area (Å²) in [6, 6.07) is 16.9. The van der Waals surface area contributed by atoms with Crippen molar-refractivity contribution in [1.29, 1.82) is 0 Å². The standard InChI is InChI=1S/C20H21NO/c1-3-5-15-6-4-7-16(10-15)11-17-8-9-19-18(12-17)13-20(22)14(2)21-19/h4,6-10,12-13,22H,3,5,11H2,1-2H3. The van der Waals surface area contributed by atoms with E-state index >= 15 is 0 Å². The van der Waals surface area contributed by atoms with Crippen LogP contribution in [0.1, 0.15) is 35.7 Å². The van der Waals surface area contributed by atoms with Gasteiger partial charge in [-0.2, -0.15) is 0 Å². The second-order valence-electron chi connectivity index (χ2n) is 5.87. The van der Waals surface area contributed by atoms with E-state index in [1.807, 2.05) is 13.0 Å². The van der Waals surface area contributed by atoms with Gasteiger partial charge in [-0.25, -0.2) is 4.98 Å². The Labute approximate surface area is 131 Å². The smallest absolute Gasteiger partial charge is 0.137 e. The zero-order valence-electron chi connectivity index (χ0n) is 13.1. The zero-order chi connectivity index (χ0) is 15.5. The van der Waals surface area contributed by atoms with Gasteiger partial charge < -0.3 is 5.11 Å². The molecule has 2 aromatic carbocycles. The van der Waals surface area contributed by atoms with E-state index in [-0.39, 0.29) is 5.75 Å². The Balaban J connectivity index is 1.90. The van der Waals surface area contributed by atoms with Gasteiger partial charge in [0, 0.05) is 5.39 Å². The number of fused-ring (bicyclic) bond motifs is 1. The minimum absolute atomic E-state index is 0.259. The Kier molecular flexibility index (Phi) is 4.10. The van der Waals surface area contributed by atoms with Gasteiger partial charge in [-0.1, -0.05) is 43.7 Å². The highest BCUT2D eigenvalue weighted by atomic mass is 16.3. The number of nitrogens with zero attached hydrogens (tertiary/aromatic N) is 1. The molecule has 3 rings (SSSR count). The molecule has 0 atom stereocenters. The Bertz CT molecular complexity index is 808. The summed E-state index contributed by atoms with van der Waals surface area (Å²) < 4.78 is 0. The summed E-state index contributed by atoms with van der Waals surface area (Å²) in [5.74, 6) is 0.259. The maximum Gasteiger partial charge on any atom is 0.137 e. The molecule has 0 saturated carbocycles. The zero-order valence-corrected chi connectivity index (χ0v) is 13.1. The molecule has 1 heterocycles. The Morgan fingerprint density at radius 1 is 0.955 bits per heavy atom. The van der Waals surface area contributed by atoms with E-state index in [0.717, 1.165) is 23.7 Å². The van der Waals surface area contributed by atoms with E-state index in [0.29, 0.717) is 5.69 Å². The van der Waals surface area contributed by atoms with Crippen LogP contribution >= 0.6 is 0 Å². The molecular weight excluding hydrogens is 270 g/mol. The average Bonchev–Trinajstić information content (AvgIpc) is 2.49. The SMILES string of the molecule is CCCc1cccc(Cc2ccc3nc(C)c(O)cc3c2)c1. The summed E-state index contributed by atoms with van der Waals surface area (Å²) in [7, 11) is 0. The van der Waals surface area contributed by atoms with E-state index in [1.165, 1.54) is 23.1 Å². The van der Waals surface area contributed by atoms with Crippen molar-refractivity contribution in [3.8, 4) is 5.75 Å². The molecule has 0 spiro atoms. The third-order valence-corrected chi connectivity index (χ3v) is 3.98. The van der Waals surface area contributed by atoms with Crippen LogP contribution < -0.4 is 0 Å². The molecule has 3 aromatic rings. The van der Waals surface area contributed by atoms with Gasteiger partial charge in [0.05, 0.1) is 11.2 Å². The number of hydrogen-bond donors (Lipinski definition) is 1. The average molecular weight is 291 g/mol. The summed E-state index contributed by atoms with van der Waals surface area (Å²) >= 11 is 0. The number of aromatic nitrogens is 1. The molecule has 0 aliphatic carbocycles. The highest BCUT2D eigenvalue weighted by molar-refractivity contribution is 5.81. The molecule has 0 saturated heterocycles. The largest absolute Gasteiger partial charge is 0.506 e. The molecule has 2 nitrogen and oxygen atoms in total. The molecule has 22 heavy (non-hydrogen) atoms. The van der Waals surface area contributed by atoms with Crippen molar-refractivity contribution in [3.63, 3.8) is 0 Å². The Morgan fingerprint density at radius 3 is 2.55 bits per heavy atom. The number of hydrogen-bond acceptors (Lipinski definition) is 2. The van der Waals surface area contributed by atoms with E-state index in [1.54, 1.807) is 6.07 Å². The van der Waals surface area contributed by atoms with Crippen LogP contribution in [0.5, 0.6) is 5.75 Å². The van der Waals surface area contributed by atoms with Crippen molar-refractivity contribution in [2.75, 3.05) is 0 Å². The van der Waals surface area contributed by atoms with E-state index in [2.05, 4.69) is 48.3 Å². The van der Waals surface area contributed by atoms with Crippen LogP contribution in [-0.4, -0.2) is 10.1 Å². The molecule has 2 heteroatoms. The van der Waals surface area contributed by atoms with Gasteiger partial charge in [0.1, 0.15) is 5.75 Å². The lowest BCUT2D eigenvalue weighted by molar-refractivity contribution is 0.469. The van der Waals surface area contributed by atoms with Gasteiger partial charge in [-0.3, -0.25) is 0 Å². The van der Waals surface area contributed by atoms with Crippen LogP contribution in [0.3, 0.4) is 0 Å². The highest BCUT2D eigenvalue weighted by Gasteiger charge is 2.04. The van der Waals surface area contributed by atoms with Crippen molar-refractivity contribution >= 4 is 10.9 Å². The molecule has 112 valence electrons. The minimum Gasteiger partial charge on any atom is -0.506 e. The fourth-order valence-corrected chi connectivity index (χ4v) is 2.84. The van der Waals surface area contributed by atoms with Crippen LogP contribution in [0, 0.1) is 6.92 Å². The lowest BCUT2D eigenvalue weighted by atomic mass is 10.00. The predicted octanol–water partition coefficient (Wildman–Crippen LogP) is 4.79. The van der Waals surface area contributed by atoms with Gasteiger partial charge in [-0.15, -0.1) is 0 Å². The highest BCUT2D eigenvalue weighted by Crippen LogP contribution is 2.23. The maximum absolute atomic E-state index is 9.83. The number of aryl methyl sites for hydroxylation is 2. The summed E-state index contributed by atoms with van der Waals surface area (Å²) in [4.78, 5) is 4.41. The first-order chi connectivity index (χ1) is 10.7. The summed E-state index contributed by atoms with van der Waals surface area (Å²) in [6.45, 7) is 4.03. The van der Waals surface area contributed by atoms with E-state index in [9.17, 15) is 5.11 Å². The summed E-state index contributed by atoms with van der Waals surface area (Å²) in [6.07, 6.45) is 3.20. The summed E-state index contributed by atoms with van der Waals surface area (Å²) in [5, 5.41) is 10.8. The molecule has 0 aliphatic heterocycles. The van der Waals surface area contributed by atoms with Gasteiger partial charge in [0.2, 0.25) is 0 Å². The molecular formula is C20H21NO. The Morgan fingerprint density at radius 2 is 1.73 bits per heavy atom. The van der Waals surface area contributed by atoms with Gasteiger partial charge >= 0.3 is 0 Å². The first kappa shape index (κ1) is 14.6. The lowest BCUT2D eigenvalue weighted by Gasteiger charge is -2.07. The third kappa shape index (κ3) is 3.11. The van der Waals surface area contributed by atoms with Gasteiger partial charge in [0.25, 0.3) is 0 Å². The molecule has 0 bridgehead atoms. The van der Waals surface area contributed by atoms with Crippen LogP contribution in [0.25, 0.3) is 10.9 Å². The number of rotatable bonds is 4. The fraction of sp³-hybridized carbons (Fsp3) is 0.250. The van der Waals surface area contributed by atoms with Gasteiger partial charge in [0.15, 0.2) is 0 Å². The predicted molar refractivity (Wildman–Crippen MR) is 91.4 cm³/mol. The maximum atomic E-state index is 9.83. The monoisotopic (exact) mass is 291 g/mol. The summed E-state index contributed by atoms with van der Waals surface area (Å²) in [5.41, 5.74) is 5.57. The van der Waals surface area contributed by atoms with Crippen LogP contribution in [0.2, 0.25) is 0 Å². The van der Waals surface area contributed by atoms with Crippen LogP contribution in [0.4, 0.5) is 0 Å². The van der Waals surface area contributed by atoms with Crippen molar-refractivity contribution in [1.82, 2.24) is 4.98 Å². The third-order valence-electron chi connectivity index (χ3n) is 3.98. The molecule has 1 aromatic heterocycles. The second-order valence-corrected chi connectivity index (χ2v) is 5.87. The topological polar surface area (TPSA) is 33.1 Å². The van der Waals surface area contributed by atoms with E-state index in [4.69, 9.17) is 0 Å². The minimum atomic E-state index is 0.259. The quantitative estimate of drug-likeness (QED) is 0.749. The van der Waals surface area contributed by atoms with Crippen molar-refractivity contribution in [3.05, 3.63) is 70.9 Å². The van der Waals surface area contributed by atoms with Crippen LogP contribution in [-0.2, 0) is 12.8 Å². The fourth-order valence-electron chi connectivity index (χ4n) is 2.84. The normalized spacial score (nSPS) is 11.0. The molecule has 0 radical (unpaired) electrons. The molecule has 0 fully saturated rings. The second kappa shape index (κ2) is 6.18. The molecule has 0 amide bonds. The van der Waals surface area contributed by atoms with Crippen LogP contribution in [0.15, 0.2) is 48.5 Å². The Hall–Kier alpha value is -2.35. The number of benzene rings is 2. The van der Waals surface area contributed by atoms with Crippen molar-refractivity contribution in [2.45, 2.75) is 33.1 Å². The molecule has 0 unspecified atom stereocenters. The van der Waals surface area contributed by atoms with Gasteiger partial charge in [-0.05, 0) is 54.7 Å². The number of pyridine rings is 1. The molecule has 0 aliphatic rings. The van der Waals surface area contributed by atoms with Crippen molar-refractivity contribution < 1.29 is 5.11 Å². The lowest BCUT2D eigenvalue weighted by Crippen LogP contribution is -1.92. The van der Waals surface area contributed by atoms with E-state index < -0.39 is 0 Å². The molecule has 1 N–H and O–H groups in total. The first-order valence-corrected chi connectivity index (χ1v) is 7.83. The number of aromatic hydroxyl groups is 1. The van der Waals surface area contributed by atoms with Crippen molar-refractivity contribution in [2.24, 2.45) is 0 Å².